The van der Waals surface area contributed by atoms with Gasteiger partial charge in [0.2, 0.25) is 0 Å². The third-order valence-corrected chi connectivity index (χ3v) is 2.25. The molecule has 0 aliphatic carbocycles. The quantitative estimate of drug-likeness (QED) is 0.798. The van der Waals surface area contributed by atoms with Crippen molar-refractivity contribution >= 4 is 38.8 Å². The van der Waals surface area contributed by atoms with Crippen LogP contribution in [-0.2, 0) is 0 Å². The third kappa shape index (κ3) is 2.19. The molecule has 0 fully saturated rings. The van der Waals surface area contributed by atoms with Gasteiger partial charge in [-0.1, -0.05) is 0 Å². The van der Waals surface area contributed by atoms with Crippen LogP contribution in [-0.4, -0.2) is 13.4 Å². The van der Waals surface area contributed by atoms with Crippen LogP contribution in [0.4, 0.5) is 0 Å². The van der Waals surface area contributed by atoms with Crippen molar-refractivity contribution in [3.63, 3.8) is 0 Å². The van der Waals surface area contributed by atoms with E-state index in [9.17, 15) is 4.79 Å². The summed E-state index contributed by atoms with van der Waals surface area (Å²) in [5.74, 6) is 1.15. The molecule has 0 aromatic heterocycles. The summed E-state index contributed by atoms with van der Waals surface area (Å²) in [6.45, 7) is 0. The Morgan fingerprint density at radius 1 is 1.29 bits per heavy atom. The van der Waals surface area contributed by atoms with Crippen molar-refractivity contribution in [2.75, 3.05) is 7.11 Å². The summed E-state index contributed by atoms with van der Waals surface area (Å²) in [5, 5.41) is 0. The molecule has 14 heavy (non-hydrogen) atoms. The summed E-state index contributed by atoms with van der Waals surface area (Å²) in [5.41, 5.74) is 0.329. The molecule has 0 aliphatic heterocycles. The first kappa shape index (κ1) is 11.3. The molecule has 0 saturated heterocycles. The fourth-order valence-corrected chi connectivity index (χ4v) is 1.53. The summed E-state index contributed by atoms with van der Waals surface area (Å²) < 4.78 is 14.6. The highest BCUT2D eigenvalue weighted by Gasteiger charge is 2.13. The number of methoxy groups -OCH3 is 1. The molecule has 0 radical (unpaired) electrons. The van der Waals surface area contributed by atoms with Gasteiger partial charge < -0.3 is 12.4 Å². The fourth-order valence-electron chi connectivity index (χ4n) is 0.943. The Balaban J connectivity index is 3.31. The minimum absolute atomic E-state index is 0.290. The second kappa shape index (κ2) is 5.21. The summed E-state index contributed by atoms with van der Waals surface area (Å²) in [6.07, 6.45) is 0.647. The van der Waals surface area contributed by atoms with Gasteiger partial charge in [-0.05, 0) is 6.07 Å². The van der Waals surface area contributed by atoms with Crippen LogP contribution in [0.5, 0.6) is 17.2 Å². The average molecular weight is 326 g/mol. The van der Waals surface area contributed by atoms with Gasteiger partial charge in [-0.15, -0.1) is 0 Å². The first-order valence-corrected chi connectivity index (χ1v) is 4.80. The van der Waals surface area contributed by atoms with Crippen molar-refractivity contribution in [1.29, 1.82) is 0 Å². The highest BCUT2D eigenvalue weighted by Crippen LogP contribution is 2.36. The number of carbonyl (C=O) groups is 1. The summed E-state index contributed by atoms with van der Waals surface area (Å²) in [4.78, 5) is 10.7. The van der Waals surface area contributed by atoms with Crippen LogP contribution >= 0.6 is 32.5 Å². The number of ether oxygens (including phenoxy) is 1. The predicted molar refractivity (Wildman–Crippen MR) is 57.5 cm³/mol. The van der Waals surface area contributed by atoms with E-state index in [1.54, 1.807) is 12.1 Å². The van der Waals surface area contributed by atoms with Gasteiger partial charge in [0.05, 0.1) is 12.7 Å². The van der Waals surface area contributed by atoms with Crippen molar-refractivity contribution in [2.24, 2.45) is 0 Å². The highest BCUT2D eigenvalue weighted by molar-refractivity contribution is 9.06. The lowest BCUT2D eigenvalue weighted by molar-refractivity contribution is 0.112. The van der Waals surface area contributed by atoms with E-state index in [-0.39, 0.29) is 5.75 Å². The first-order valence-electron chi connectivity index (χ1n) is 3.51. The molecule has 1 aromatic carbocycles. The van der Waals surface area contributed by atoms with E-state index in [4.69, 9.17) is 12.4 Å². The molecule has 0 unspecified atom stereocenters. The van der Waals surface area contributed by atoms with Crippen LogP contribution in [0.1, 0.15) is 10.4 Å². The number of hydrogen-bond acceptors (Lipinski definition) is 4. The highest BCUT2D eigenvalue weighted by atomic mass is 79.9. The largest absolute Gasteiger partial charge is 0.497 e. The molecule has 1 aromatic rings. The van der Waals surface area contributed by atoms with Crippen molar-refractivity contribution in [3.8, 4) is 17.2 Å². The van der Waals surface area contributed by atoms with Gasteiger partial charge in [-0.25, -0.2) is 0 Å². The maximum atomic E-state index is 10.7. The predicted octanol–water partition coefficient (Wildman–Crippen LogP) is 2.89. The molecule has 0 spiro atoms. The molecular weight excluding hydrogens is 320 g/mol. The second-order valence-electron chi connectivity index (χ2n) is 2.32. The molecule has 0 bridgehead atoms. The molecule has 76 valence electrons. The van der Waals surface area contributed by atoms with Gasteiger partial charge in [0.25, 0.3) is 0 Å². The molecule has 0 N–H and O–H groups in total. The molecule has 0 heterocycles. The Bertz CT molecular complexity index is 340. The van der Waals surface area contributed by atoms with Gasteiger partial charge in [0.1, 0.15) is 5.75 Å². The lowest BCUT2D eigenvalue weighted by Crippen LogP contribution is -1.92. The van der Waals surface area contributed by atoms with Gasteiger partial charge >= 0.3 is 0 Å². The third-order valence-electron chi connectivity index (χ3n) is 1.58. The van der Waals surface area contributed by atoms with Gasteiger partial charge in [0.15, 0.2) is 50.3 Å². The van der Waals surface area contributed by atoms with E-state index in [0.29, 0.717) is 23.3 Å². The van der Waals surface area contributed by atoms with Crippen LogP contribution in [0, 0.1) is 0 Å². The molecule has 1 rings (SSSR count). The fraction of sp³-hybridized carbons (Fsp3) is 0.125. The molecule has 4 nitrogen and oxygen atoms in total. The van der Waals surface area contributed by atoms with Crippen molar-refractivity contribution in [3.05, 3.63) is 17.7 Å². The molecule has 0 aliphatic rings. The Morgan fingerprint density at radius 2 is 2.00 bits per heavy atom. The second-order valence-corrected chi connectivity index (χ2v) is 2.96. The summed E-state index contributed by atoms with van der Waals surface area (Å²) in [6, 6.07) is 3.12. The van der Waals surface area contributed by atoms with Gasteiger partial charge in [-0.3, -0.25) is 4.79 Å². The van der Waals surface area contributed by atoms with Crippen molar-refractivity contribution < 1.29 is 17.2 Å². The zero-order valence-corrected chi connectivity index (χ0v) is 10.3. The van der Waals surface area contributed by atoms with Crippen LogP contribution in [0.3, 0.4) is 0 Å². The Morgan fingerprint density at radius 3 is 2.43 bits per heavy atom. The number of rotatable bonds is 4. The minimum atomic E-state index is 0.290. The molecular formula is C8H6Br2O4. The Labute approximate surface area is 98.0 Å². The van der Waals surface area contributed by atoms with Crippen molar-refractivity contribution in [1.82, 2.24) is 0 Å². The Hall–Kier alpha value is -0.750. The first-order chi connectivity index (χ1) is 6.76. The number of aldehydes is 1. The maximum absolute atomic E-state index is 10.7. The van der Waals surface area contributed by atoms with E-state index in [1.165, 1.54) is 7.11 Å². The zero-order chi connectivity index (χ0) is 10.6. The molecule has 6 heteroatoms. The minimum Gasteiger partial charge on any atom is -0.497 e. The monoisotopic (exact) mass is 324 g/mol. The summed E-state index contributed by atoms with van der Waals surface area (Å²) >= 11 is 5.59. The summed E-state index contributed by atoms with van der Waals surface area (Å²) in [7, 11) is 1.50. The van der Waals surface area contributed by atoms with E-state index < -0.39 is 0 Å². The lowest BCUT2D eigenvalue weighted by atomic mass is 10.2. The normalized spacial score (nSPS) is 9.36. The topological polar surface area (TPSA) is 44.8 Å². The van der Waals surface area contributed by atoms with Crippen LogP contribution in [0.25, 0.3) is 0 Å². The van der Waals surface area contributed by atoms with E-state index >= 15 is 0 Å². The molecule has 0 amide bonds. The number of halogens is 2. The molecule has 0 saturated carbocycles. The molecule has 0 atom stereocenters. The van der Waals surface area contributed by atoms with Gasteiger partial charge in [0, 0.05) is 6.07 Å². The van der Waals surface area contributed by atoms with E-state index in [1.807, 2.05) is 0 Å². The van der Waals surface area contributed by atoms with Crippen LogP contribution in [0.15, 0.2) is 12.1 Å². The number of benzene rings is 1. The lowest BCUT2D eigenvalue weighted by Gasteiger charge is -2.08. The zero-order valence-electron chi connectivity index (χ0n) is 7.12. The van der Waals surface area contributed by atoms with Crippen molar-refractivity contribution in [2.45, 2.75) is 0 Å². The standard InChI is InChI=1S/C8H6Br2O4/c1-12-6-2-5(4-11)8(14-10)7(3-6)13-9/h2-4H,1H3. The number of hydrogen-bond donors (Lipinski definition) is 0. The smallest absolute Gasteiger partial charge is 0.190 e. The van der Waals surface area contributed by atoms with Gasteiger partial charge in [-0.2, -0.15) is 0 Å². The van der Waals surface area contributed by atoms with E-state index in [0.717, 1.165) is 0 Å². The Kier molecular flexibility index (Phi) is 4.21. The van der Waals surface area contributed by atoms with Crippen LogP contribution in [0.2, 0.25) is 0 Å². The number of carbonyl (C=O) groups excluding carboxylic acids is 1. The SMILES string of the molecule is COc1cc(C=O)c(OBr)c(OBr)c1. The average Bonchev–Trinajstić information content (AvgIpc) is 2.26. The van der Waals surface area contributed by atoms with Crippen LogP contribution < -0.4 is 12.4 Å². The maximum Gasteiger partial charge on any atom is 0.190 e. The van der Waals surface area contributed by atoms with E-state index in [2.05, 4.69) is 32.5 Å².